The zero-order valence-electron chi connectivity index (χ0n) is 58.9. The van der Waals surface area contributed by atoms with Crippen LogP contribution in [0.1, 0.15) is 120 Å². The third-order valence-electron chi connectivity index (χ3n) is 23.6. The summed E-state index contributed by atoms with van der Waals surface area (Å²) >= 11 is 0. The number of likely N-dealkylation sites (N-methyl/N-ethyl adjacent to an activating group) is 3. The Balaban J connectivity index is 0.000000139. The van der Waals surface area contributed by atoms with Gasteiger partial charge in [-0.1, -0.05) is 31.4 Å². The molecule has 15 rings (SSSR count). The summed E-state index contributed by atoms with van der Waals surface area (Å²) in [5, 5.41) is 87.0. The fraction of sp³-hybridized carbons (Fsp3) is 0.520. The molecule has 556 valence electrons. The number of likely N-dealkylation sites (tertiary alicyclic amines) is 3. The minimum absolute atomic E-state index is 0.00431. The second-order valence-corrected chi connectivity index (χ2v) is 29.5. The molecular formula is C75H85N3O26. The van der Waals surface area contributed by atoms with E-state index in [1.165, 1.54) is 34.6 Å². The second kappa shape index (κ2) is 26.0. The Kier molecular flexibility index (Phi) is 18.2. The molecule has 0 unspecified atom stereocenters. The number of hydrogen-bond acceptors (Lipinski definition) is 27. The van der Waals surface area contributed by atoms with Gasteiger partial charge in [-0.15, -0.1) is 0 Å². The van der Waals surface area contributed by atoms with Crippen molar-refractivity contribution in [1.82, 2.24) is 14.7 Å². The highest BCUT2D eigenvalue weighted by atomic mass is 16.6. The van der Waals surface area contributed by atoms with Crippen molar-refractivity contribution in [3.8, 4) is 34.5 Å². The normalized spacial score (nSPS) is 31.8. The minimum atomic E-state index is -1.93. The number of aliphatic hydroxyl groups is 3. The van der Waals surface area contributed by atoms with Crippen LogP contribution in [0, 0.1) is 5.92 Å². The van der Waals surface area contributed by atoms with E-state index >= 15 is 0 Å². The Morgan fingerprint density at radius 3 is 1.19 bits per heavy atom. The van der Waals surface area contributed by atoms with Crippen LogP contribution in [0.15, 0.2) is 96.6 Å². The lowest BCUT2D eigenvalue weighted by Crippen LogP contribution is -2.74. The molecule has 29 heteroatoms. The fourth-order valence-electron chi connectivity index (χ4n) is 19.2. The van der Waals surface area contributed by atoms with Crippen molar-refractivity contribution >= 4 is 47.6 Å². The predicted octanol–water partition coefficient (Wildman–Crippen LogP) is 4.12. The van der Waals surface area contributed by atoms with Crippen molar-refractivity contribution < 1.29 is 127 Å². The van der Waals surface area contributed by atoms with Gasteiger partial charge in [0.05, 0.1) is 56.9 Å². The van der Waals surface area contributed by atoms with Crippen molar-refractivity contribution in [2.75, 3.05) is 40.8 Å². The Bertz CT molecular complexity index is 4310. The molecule has 12 aliphatic rings. The molecule has 3 fully saturated rings. The Morgan fingerprint density at radius 2 is 0.856 bits per heavy atom. The second-order valence-electron chi connectivity index (χ2n) is 29.5. The molecule has 0 aromatic heterocycles. The average Bonchev–Trinajstić information content (AvgIpc) is 1.47. The molecule has 0 amide bonds. The number of carbonyl (C=O) groups excluding carboxylic acids is 6. The number of Topliss-reactive ketones (excluding diaryl/α,β-unsaturated/α-hetero) is 1. The van der Waals surface area contributed by atoms with Gasteiger partial charge in [-0.25, -0.2) is 14.4 Å². The van der Waals surface area contributed by atoms with Crippen LogP contribution in [0.5, 0.6) is 34.5 Å². The van der Waals surface area contributed by atoms with Crippen LogP contribution in [0.2, 0.25) is 0 Å². The SMILES string of the molecule is C=C(C)O[C@@H](CC(=O)OC1=CC[C@@]2(O)[C@H]3Cc4ccc(O)c5c4[C@@]2(CCN3C)[C@H]1O5)C(=O)O.C=C(C)O[C@H](C(=O)O)[C@H](OC(C)=O)C(=O)OC1=CC[C@@]2(O)[C@H]3Cc4ccc(O)c5c4[C@@]2(CCN3C)[C@H]1O5.CC(=O)O[C@@H](C(C)=O)[C@@H](C)C(=O)OC1=CC[C@@]2(O)[C@H]3Cc4ccc(O)c5c4[C@@]2(CCN3C)[C@H]1O5. The Morgan fingerprint density at radius 1 is 0.500 bits per heavy atom. The lowest BCUT2D eigenvalue weighted by molar-refractivity contribution is -0.185. The number of phenols is 3. The number of phenolic OH excluding ortho intramolecular Hbond substituents is 3. The number of carbonyl (C=O) groups is 8. The summed E-state index contributed by atoms with van der Waals surface area (Å²) in [6, 6.07) is 9.72. The molecule has 3 saturated heterocycles. The van der Waals surface area contributed by atoms with Crippen molar-refractivity contribution in [2.45, 2.75) is 200 Å². The average molecular weight is 1440 g/mol. The zero-order chi connectivity index (χ0) is 75.1. The molecule has 8 N–H and O–H groups in total. The number of nitrogens with zero attached hydrogens (tertiary/aromatic N) is 3. The standard InChI is InChI=1S/C26H29NO10.C25H29NO8.C24H27NO8/c1-12(2)34-20(23(30)31)21(35-13(3)28)24(32)36-16-7-8-26(33)17-11-14-5-6-15(29)19-18(14)25(26,22(16)37-19)9-10-27(17)4;1-12(20(13(2)27)32-14(3)28)23(30)33-17-7-8-25(31)18-11-15-5-6-16(29)21-19(15)24(25,22(17)34-21)9-10-26(18)4;1-12(2)31-16(22(28)29)11-18(27)32-15-6-7-24(30)17-10-13-4-5-14(26)20-19(13)23(24,21(15)33-20)8-9-25(17)3/h5-7,17,20-22,29,33H,1,8-11H2,2-4H3,(H,30,31);5-7,12,18,20,22,29,31H,8-11H2,1-4H3;4-6,16-17,21,26,30H,1,7-11H2,2-3H3,(H,28,29)/t17-,20+,21+,22+,25+,26-;12-,18-,20-,22+,24+,25-;16-,17+,21-,23-,24+/m110/s1. The summed E-state index contributed by atoms with van der Waals surface area (Å²) in [5.41, 5.74) is -1.15. The molecule has 17 atom stereocenters. The van der Waals surface area contributed by atoms with Gasteiger partial charge in [0.15, 0.2) is 64.7 Å². The van der Waals surface area contributed by atoms with Gasteiger partial charge in [0.1, 0.15) is 17.3 Å². The highest BCUT2D eigenvalue weighted by Gasteiger charge is 2.75. The maximum Gasteiger partial charge on any atom is 0.357 e. The van der Waals surface area contributed by atoms with E-state index in [1.54, 1.807) is 36.4 Å². The number of esters is 5. The number of ketones is 1. The van der Waals surface area contributed by atoms with E-state index in [1.807, 2.05) is 39.3 Å². The van der Waals surface area contributed by atoms with E-state index < -0.39 is 136 Å². The van der Waals surface area contributed by atoms with E-state index in [2.05, 4.69) is 27.9 Å². The van der Waals surface area contributed by atoms with Gasteiger partial charge in [0.25, 0.3) is 0 Å². The monoisotopic (exact) mass is 1440 g/mol. The van der Waals surface area contributed by atoms with Gasteiger partial charge in [0, 0.05) is 67.9 Å². The maximum absolute atomic E-state index is 13.3. The first-order valence-corrected chi connectivity index (χ1v) is 34.5. The number of aliphatic carboxylic acids is 2. The highest BCUT2D eigenvalue weighted by molar-refractivity contribution is 5.90. The van der Waals surface area contributed by atoms with Crippen LogP contribution in [0.3, 0.4) is 0 Å². The van der Waals surface area contributed by atoms with Crippen molar-refractivity contribution in [2.24, 2.45) is 5.92 Å². The number of ether oxygens (including phenoxy) is 10. The van der Waals surface area contributed by atoms with Crippen LogP contribution in [0.4, 0.5) is 0 Å². The van der Waals surface area contributed by atoms with Crippen LogP contribution in [-0.4, -0.2) is 222 Å². The molecule has 6 heterocycles. The maximum atomic E-state index is 13.3. The third-order valence-corrected chi connectivity index (χ3v) is 23.6. The number of carboxylic acids is 2. The van der Waals surface area contributed by atoms with E-state index in [-0.39, 0.29) is 89.2 Å². The summed E-state index contributed by atoms with van der Waals surface area (Å²) in [5.74, 6) is -7.24. The molecule has 0 saturated carbocycles. The van der Waals surface area contributed by atoms with E-state index in [9.17, 15) is 79.2 Å². The molecule has 104 heavy (non-hydrogen) atoms. The van der Waals surface area contributed by atoms with Gasteiger partial charge in [-0.05, 0) is 160 Å². The summed E-state index contributed by atoms with van der Waals surface area (Å²) in [6.07, 6.45) is -0.795. The lowest BCUT2D eigenvalue weighted by atomic mass is 9.50. The zero-order valence-corrected chi connectivity index (χ0v) is 58.9. The molecule has 3 aromatic rings. The van der Waals surface area contributed by atoms with Crippen molar-refractivity contribution in [3.63, 3.8) is 0 Å². The summed E-state index contributed by atoms with van der Waals surface area (Å²) < 4.78 is 56.1. The molecule has 3 aromatic carbocycles. The number of rotatable bonds is 18. The van der Waals surface area contributed by atoms with Gasteiger partial charge in [-0.3, -0.25) is 24.0 Å². The summed E-state index contributed by atoms with van der Waals surface area (Å²) in [4.78, 5) is 104. The third kappa shape index (κ3) is 10.9. The molecule has 6 aliphatic carbocycles. The smallest absolute Gasteiger partial charge is 0.357 e. The molecular weight excluding hydrogens is 1360 g/mol. The number of piperidine rings is 3. The van der Waals surface area contributed by atoms with Gasteiger partial charge in [0.2, 0.25) is 18.3 Å². The van der Waals surface area contributed by atoms with Crippen LogP contribution in [-0.2, 0) is 107 Å². The molecule has 3 spiro atoms. The van der Waals surface area contributed by atoms with Crippen LogP contribution < -0.4 is 14.2 Å². The molecule has 6 bridgehead atoms. The van der Waals surface area contributed by atoms with Crippen molar-refractivity contribution in [3.05, 3.63) is 130 Å². The number of benzene rings is 3. The van der Waals surface area contributed by atoms with Crippen LogP contribution in [0.25, 0.3) is 0 Å². The molecule has 0 radical (unpaired) electrons. The number of allylic oxidation sites excluding steroid dienone is 2. The number of carboxylic acid groups (broad SMARTS) is 2. The first kappa shape index (κ1) is 72.8. The van der Waals surface area contributed by atoms with E-state index in [0.29, 0.717) is 75.2 Å². The molecule has 6 aliphatic heterocycles. The molecule has 29 nitrogen and oxygen atoms in total. The lowest BCUT2D eigenvalue weighted by Gasteiger charge is -2.61. The van der Waals surface area contributed by atoms with Crippen molar-refractivity contribution in [1.29, 1.82) is 0 Å². The largest absolute Gasteiger partial charge is 0.504 e. The van der Waals surface area contributed by atoms with Gasteiger partial charge >= 0.3 is 41.8 Å². The Labute approximate surface area is 597 Å². The summed E-state index contributed by atoms with van der Waals surface area (Å²) in [6.45, 7) is 16.9. The quantitative estimate of drug-likeness (QED) is 0.0504. The Hall–Kier alpha value is -9.52. The summed E-state index contributed by atoms with van der Waals surface area (Å²) in [7, 11) is 5.92. The number of hydrogen-bond donors (Lipinski definition) is 8. The van der Waals surface area contributed by atoms with Crippen LogP contribution >= 0.6 is 0 Å². The van der Waals surface area contributed by atoms with Gasteiger partial charge < -0.3 is 103 Å². The first-order valence-electron chi connectivity index (χ1n) is 34.5. The van der Waals surface area contributed by atoms with E-state index in [4.69, 9.17) is 47.4 Å². The first-order chi connectivity index (χ1) is 49.0. The topological polar surface area (TPSA) is 400 Å². The van der Waals surface area contributed by atoms with Gasteiger partial charge in [-0.2, -0.15) is 0 Å². The minimum Gasteiger partial charge on any atom is -0.504 e. The van der Waals surface area contributed by atoms with E-state index in [0.717, 1.165) is 34.7 Å². The predicted molar refractivity (Wildman–Crippen MR) is 358 cm³/mol. The fourth-order valence-corrected chi connectivity index (χ4v) is 19.2. The number of aromatic hydroxyl groups is 3. The highest BCUT2D eigenvalue weighted by Crippen LogP contribution is 2.69.